The van der Waals surface area contributed by atoms with E-state index in [1.807, 2.05) is 0 Å². The van der Waals surface area contributed by atoms with Gasteiger partial charge in [0.25, 0.3) is 5.69 Å². The third kappa shape index (κ3) is 2.86. The van der Waals surface area contributed by atoms with Crippen LogP contribution in [0, 0.1) is 32.8 Å². The SMILES string of the molecule is N#CC(C#N)=NNc1c(Cl)ccc([N+](=O)[O-])c1Cl. The maximum atomic E-state index is 10.6. The minimum Gasteiger partial charge on any atom is -0.273 e. The summed E-state index contributed by atoms with van der Waals surface area (Å²) in [4.78, 5) is 9.95. The average Bonchev–Trinajstić information content (AvgIpc) is 2.33. The fourth-order valence-corrected chi connectivity index (χ4v) is 1.50. The first-order valence-corrected chi connectivity index (χ1v) is 5.03. The average molecular weight is 284 g/mol. The van der Waals surface area contributed by atoms with E-state index in [2.05, 4.69) is 10.5 Å². The summed E-state index contributed by atoms with van der Waals surface area (Å²) in [7, 11) is 0. The van der Waals surface area contributed by atoms with Crippen molar-refractivity contribution in [3.05, 3.63) is 32.3 Å². The number of rotatable bonds is 3. The Bertz CT molecular complexity index is 599. The van der Waals surface area contributed by atoms with Gasteiger partial charge in [-0.3, -0.25) is 15.5 Å². The highest BCUT2D eigenvalue weighted by Crippen LogP contribution is 2.37. The number of nitrogens with one attached hydrogen (secondary N) is 1. The van der Waals surface area contributed by atoms with Crippen molar-refractivity contribution in [3.63, 3.8) is 0 Å². The van der Waals surface area contributed by atoms with Gasteiger partial charge in [0.05, 0.1) is 9.95 Å². The molecule has 18 heavy (non-hydrogen) atoms. The van der Waals surface area contributed by atoms with Crippen molar-refractivity contribution in [2.75, 3.05) is 5.43 Å². The lowest BCUT2D eigenvalue weighted by molar-refractivity contribution is -0.384. The van der Waals surface area contributed by atoms with Crippen LogP contribution in [-0.2, 0) is 0 Å². The van der Waals surface area contributed by atoms with Crippen molar-refractivity contribution >= 4 is 40.3 Å². The van der Waals surface area contributed by atoms with Crippen molar-refractivity contribution in [3.8, 4) is 12.1 Å². The van der Waals surface area contributed by atoms with E-state index in [9.17, 15) is 10.1 Å². The summed E-state index contributed by atoms with van der Waals surface area (Å²) < 4.78 is 0. The molecule has 0 atom stereocenters. The molecule has 90 valence electrons. The molecule has 1 rings (SSSR count). The maximum Gasteiger partial charge on any atom is 0.290 e. The van der Waals surface area contributed by atoms with E-state index in [4.69, 9.17) is 33.7 Å². The van der Waals surface area contributed by atoms with E-state index in [-0.39, 0.29) is 21.4 Å². The second kappa shape index (κ2) is 5.82. The Morgan fingerprint density at radius 1 is 1.39 bits per heavy atom. The first kappa shape index (κ1) is 13.7. The Morgan fingerprint density at radius 2 is 2.00 bits per heavy atom. The van der Waals surface area contributed by atoms with Gasteiger partial charge >= 0.3 is 0 Å². The van der Waals surface area contributed by atoms with Crippen molar-refractivity contribution in [2.24, 2.45) is 5.10 Å². The Labute approximate surface area is 111 Å². The Hall–Kier alpha value is -2.35. The minimum atomic E-state index is -0.691. The number of halogens is 2. The lowest BCUT2D eigenvalue weighted by Crippen LogP contribution is -1.99. The predicted octanol–water partition coefficient (Wildman–Crippen LogP) is 2.72. The zero-order chi connectivity index (χ0) is 13.7. The highest BCUT2D eigenvalue weighted by atomic mass is 35.5. The van der Waals surface area contributed by atoms with Crippen LogP contribution < -0.4 is 5.43 Å². The lowest BCUT2D eigenvalue weighted by Gasteiger charge is -2.05. The molecule has 0 spiro atoms. The van der Waals surface area contributed by atoms with Crippen LogP contribution in [0.2, 0.25) is 10.0 Å². The molecule has 1 aromatic rings. The summed E-state index contributed by atoms with van der Waals surface area (Å²) in [5.74, 6) is 0. The highest BCUT2D eigenvalue weighted by Gasteiger charge is 2.18. The largest absolute Gasteiger partial charge is 0.290 e. The van der Waals surface area contributed by atoms with Crippen molar-refractivity contribution in [1.82, 2.24) is 0 Å². The van der Waals surface area contributed by atoms with Crippen LogP contribution in [0.25, 0.3) is 0 Å². The van der Waals surface area contributed by atoms with Gasteiger partial charge < -0.3 is 0 Å². The molecule has 0 radical (unpaired) electrons. The van der Waals surface area contributed by atoms with Crippen molar-refractivity contribution < 1.29 is 4.92 Å². The first-order valence-electron chi connectivity index (χ1n) is 4.27. The molecule has 0 bridgehead atoms. The molecule has 1 aromatic carbocycles. The molecular formula is C9H3Cl2N5O2. The molecular weight excluding hydrogens is 281 g/mol. The second-order valence-corrected chi connectivity index (χ2v) is 3.59. The molecule has 0 saturated carbocycles. The summed E-state index contributed by atoms with van der Waals surface area (Å²) in [5.41, 5.74) is 1.38. The summed E-state index contributed by atoms with van der Waals surface area (Å²) in [6.45, 7) is 0. The molecule has 0 heterocycles. The quantitative estimate of drug-likeness (QED) is 0.520. The molecule has 0 unspecified atom stereocenters. The van der Waals surface area contributed by atoms with Gasteiger partial charge in [0.15, 0.2) is 0 Å². The van der Waals surface area contributed by atoms with Gasteiger partial charge in [0, 0.05) is 6.07 Å². The smallest absolute Gasteiger partial charge is 0.273 e. The molecule has 1 N–H and O–H groups in total. The standard InChI is InChI=1S/C9H3Cl2N5O2/c10-6-1-2-7(16(17)18)8(11)9(6)15-14-5(3-12)4-13/h1-2,15H. The number of nitriles is 2. The number of anilines is 1. The van der Waals surface area contributed by atoms with Gasteiger partial charge in [-0.05, 0) is 6.07 Å². The van der Waals surface area contributed by atoms with Gasteiger partial charge in [-0.1, -0.05) is 23.2 Å². The fraction of sp³-hybridized carbons (Fsp3) is 0. The summed E-state index contributed by atoms with van der Waals surface area (Å²) >= 11 is 11.5. The molecule has 0 aliphatic heterocycles. The van der Waals surface area contributed by atoms with Gasteiger partial charge in [-0.25, -0.2) is 0 Å². The minimum absolute atomic E-state index is 0.0458. The molecule has 0 aliphatic carbocycles. The molecule has 0 fully saturated rings. The zero-order valence-electron chi connectivity index (χ0n) is 8.52. The number of hydrazone groups is 1. The van der Waals surface area contributed by atoms with E-state index in [1.54, 1.807) is 0 Å². The Morgan fingerprint density at radius 3 is 2.50 bits per heavy atom. The molecule has 0 aliphatic rings. The third-order valence-electron chi connectivity index (χ3n) is 1.76. The monoisotopic (exact) mass is 283 g/mol. The number of benzene rings is 1. The van der Waals surface area contributed by atoms with Crippen LogP contribution in [0.4, 0.5) is 11.4 Å². The van der Waals surface area contributed by atoms with Crippen LogP contribution in [0.3, 0.4) is 0 Å². The predicted molar refractivity (Wildman–Crippen MR) is 65.4 cm³/mol. The van der Waals surface area contributed by atoms with E-state index < -0.39 is 10.6 Å². The van der Waals surface area contributed by atoms with Gasteiger partial charge in [-0.15, -0.1) is 0 Å². The van der Waals surface area contributed by atoms with Crippen molar-refractivity contribution in [1.29, 1.82) is 10.5 Å². The molecule has 0 amide bonds. The van der Waals surface area contributed by atoms with Gasteiger partial charge in [-0.2, -0.15) is 15.6 Å². The molecule has 7 nitrogen and oxygen atoms in total. The summed E-state index contributed by atoms with van der Waals surface area (Å²) in [5, 5.41) is 30.8. The topological polar surface area (TPSA) is 115 Å². The fourth-order valence-electron chi connectivity index (χ4n) is 0.972. The van der Waals surface area contributed by atoms with E-state index >= 15 is 0 Å². The van der Waals surface area contributed by atoms with E-state index in [0.717, 1.165) is 6.07 Å². The number of nitro benzene ring substituents is 1. The zero-order valence-corrected chi connectivity index (χ0v) is 10.0. The van der Waals surface area contributed by atoms with Gasteiger partial charge in [0.1, 0.15) is 22.8 Å². The van der Waals surface area contributed by atoms with E-state index in [0.29, 0.717) is 0 Å². The van der Waals surface area contributed by atoms with Crippen LogP contribution >= 0.6 is 23.2 Å². The van der Waals surface area contributed by atoms with Crippen LogP contribution in [0.5, 0.6) is 0 Å². The Balaban J connectivity index is 3.22. The first-order chi connectivity index (χ1) is 8.51. The van der Waals surface area contributed by atoms with E-state index in [1.165, 1.54) is 18.2 Å². The number of hydrogen-bond acceptors (Lipinski definition) is 6. The normalized spacial score (nSPS) is 8.89. The number of nitro groups is 1. The van der Waals surface area contributed by atoms with Gasteiger partial charge in [0.2, 0.25) is 5.71 Å². The van der Waals surface area contributed by atoms with Crippen LogP contribution in [-0.4, -0.2) is 10.6 Å². The number of hydrogen-bond donors (Lipinski definition) is 1. The second-order valence-electron chi connectivity index (χ2n) is 2.81. The van der Waals surface area contributed by atoms with Crippen LogP contribution in [0.1, 0.15) is 0 Å². The van der Waals surface area contributed by atoms with Crippen molar-refractivity contribution in [2.45, 2.75) is 0 Å². The molecule has 9 heteroatoms. The lowest BCUT2D eigenvalue weighted by atomic mass is 10.3. The molecule has 0 saturated heterocycles. The Kier molecular flexibility index (Phi) is 4.44. The number of nitrogens with zero attached hydrogens (tertiary/aromatic N) is 4. The third-order valence-corrected chi connectivity index (χ3v) is 2.46. The maximum absolute atomic E-state index is 10.6. The molecule has 0 aromatic heterocycles. The highest BCUT2D eigenvalue weighted by molar-refractivity contribution is 6.40. The summed E-state index contributed by atoms with van der Waals surface area (Å²) in [6, 6.07) is 5.40. The summed E-state index contributed by atoms with van der Waals surface area (Å²) in [6.07, 6.45) is 0. The van der Waals surface area contributed by atoms with Crippen LogP contribution in [0.15, 0.2) is 17.2 Å².